The number of para-hydroxylation sites is 1. The Morgan fingerprint density at radius 2 is 0.864 bits per heavy atom. The molecular formula is C81H95Ir5N15S2-4. The Morgan fingerprint density at radius 3 is 1.32 bits per heavy atom. The van der Waals surface area contributed by atoms with Crippen LogP contribution in [0.3, 0.4) is 0 Å². The van der Waals surface area contributed by atoms with E-state index in [4.69, 9.17) is 5.21 Å². The maximum Gasteiger partial charge on any atom is 0.197 e. The molecule has 6 aromatic carbocycles. The van der Waals surface area contributed by atoms with Crippen LogP contribution in [0.25, 0.3) is 33.5 Å². The molecule has 0 spiro atoms. The van der Waals surface area contributed by atoms with Gasteiger partial charge in [-0.05, 0) is 88.3 Å². The molecule has 22 heteroatoms. The first-order valence-electron chi connectivity index (χ1n) is 33.9. The maximum atomic E-state index is 4.75. The average molecular weight is 2300 g/mol. The van der Waals surface area contributed by atoms with Crippen molar-refractivity contribution in [1.29, 1.82) is 0 Å². The summed E-state index contributed by atoms with van der Waals surface area (Å²) in [5, 5.41) is 45.8. The fraction of sp³-hybridized carbons (Fsp3) is 0.358. The minimum Gasteiger partial charge on any atom is -0.303 e. The molecule has 0 amide bonds. The second-order valence-electron chi connectivity index (χ2n) is 27.7. The smallest absolute Gasteiger partial charge is 0.197 e. The third kappa shape index (κ3) is 21.8. The summed E-state index contributed by atoms with van der Waals surface area (Å²) in [4.78, 5) is 4.25. The van der Waals surface area contributed by atoms with Gasteiger partial charge in [-0.1, -0.05) is 156 Å². The number of thiophene rings is 2. The van der Waals surface area contributed by atoms with E-state index in [0.29, 0.717) is 0 Å². The van der Waals surface area contributed by atoms with Crippen LogP contribution >= 0.6 is 22.7 Å². The van der Waals surface area contributed by atoms with Gasteiger partial charge in [0.1, 0.15) is 35.4 Å². The molecule has 0 unspecified atom stereocenters. The van der Waals surface area contributed by atoms with Crippen molar-refractivity contribution in [3.05, 3.63) is 272 Å². The molecule has 7 aromatic heterocycles. The first-order valence-corrected chi connectivity index (χ1v) is 35.7. The van der Waals surface area contributed by atoms with E-state index in [0.717, 1.165) is 99.5 Å². The van der Waals surface area contributed by atoms with Gasteiger partial charge in [0.25, 0.3) is 0 Å². The van der Waals surface area contributed by atoms with E-state index in [-0.39, 0.29) is 134 Å². The number of aryl methyl sites for hydroxylation is 5. The molecule has 7 heterocycles. The topological polar surface area (TPSA) is 145 Å². The Morgan fingerprint density at radius 1 is 0.408 bits per heavy atom. The SMILES string of the molecule is CC[n+]1nn(C(C)(C)c2[c-]scc2)cc1-c1ccccc1.CCc1[c-]c(C(C)(C)n2cc(-c3ccccc3)nn2)ccc1.CCc1[c-]c(C(C)(C)n2cc(C(C)(C)C)nn2)ccc1.CCc1[c-]c(C(C)(C)n2nnc3ccccc32)ccc1.CCc1ncn(C(C)(C)c2[c-]scc2)n1.[Ir].[Ir].[Ir].[Ir].[Ir]. The average Bonchev–Trinajstić information content (AvgIpc) is 1.70. The second kappa shape index (κ2) is 39.5. The van der Waals surface area contributed by atoms with Gasteiger partial charge in [-0.2, -0.15) is 117 Å². The molecule has 0 aliphatic heterocycles. The van der Waals surface area contributed by atoms with E-state index in [1.54, 1.807) is 29.0 Å². The number of rotatable bonds is 17. The van der Waals surface area contributed by atoms with Crippen molar-refractivity contribution in [1.82, 2.24) is 69.6 Å². The number of hydrogen-bond donors (Lipinski definition) is 0. The molecule has 103 heavy (non-hydrogen) atoms. The molecule has 13 rings (SSSR count). The zero-order valence-electron chi connectivity index (χ0n) is 62.1. The van der Waals surface area contributed by atoms with Crippen LogP contribution in [0, 0.1) is 29.0 Å². The quantitative estimate of drug-likeness (QED) is 0.0642. The fourth-order valence-electron chi connectivity index (χ4n) is 10.9. The van der Waals surface area contributed by atoms with Crippen molar-refractivity contribution in [2.75, 3.05) is 0 Å². The van der Waals surface area contributed by atoms with E-state index in [9.17, 15) is 0 Å². The third-order valence-electron chi connectivity index (χ3n) is 17.9. The summed E-state index contributed by atoms with van der Waals surface area (Å²) in [5.41, 5.74) is 15.5. The van der Waals surface area contributed by atoms with Crippen LogP contribution in [0.15, 0.2) is 187 Å². The van der Waals surface area contributed by atoms with Crippen LogP contribution in [0.4, 0.5) is 0 Å². The predicted octanol–water partition coefficient (Wildman–Crippen LogP) is 17.4. The van der Waals surface area contributed by atoms with Crippen molar-refractivity contribution in [3.8, 4) is 22.5 Å². The fourth-order valence-corrected chi connectivity index (χ4v) is 12.3. The zero-order valence-corrected chi connectivity index (χ0v) is 75.7. The van der Waals surface area contributed by atoms with E-state index in [1.165, 1.54) is 22.3 Å². The number of fused-ring (bicyclic) bond motifs is 1. The van der Waals surface area contributed by atoms with Crippen LogP contribution in [-0.4, -0.2) is 69.6 Å². The van der Waals surface area contributed by atoms with E-state index in [1.807, 2.05) is 100 Å². The third-order valence-corrected chi connectivity index (χ3v) is 19.1. The largest absolute Gasteiger partial charge is 0.303 e. The molecule has 0 bridgehead atoms. The summed E-state index contributed by atoms with van der Waals surface area (Å²) in [6.45, 7) is 39.4. The second-order valence-corrected chi connectivity index (χ2v) is 29.1. The van der Waals surface area contributed by atoms with Gasteiger partial charge in [-0.15, -0.1) is 63.2 Å². The predicted molar refractivity (Wildman–Crippen MR) is 397 cm³/mol. The van der Waals surface area contributed by atoms with Gasteiger partial charge in [0, 0.05) is 130 Å². The molecule has 0 saturated heterocycles. The number of aromatic nitrogens is 15. The van der Waals surface area contributed by atoms with Crippen LogP contribution < -0.4 is 4.68 Å². The van der Waals surface area contributed by atoms with Crippen LogP contribution in [-0.2, 0) is 166 Å². The molecule has 0 aliphatic carbocycles. The molecule has 13 aromatic rings. The van der Waals surface area contributed by atoms with Crippen molar-refractivity contribution < 1.29 is 105 Å². The molecule has 5 radical (unpaired) electrons. The molecule has 15 nitrogen and oxygen atoms in total. The Labute approximate surface area is 686 Å². The van der Waals surface area contributed by atoms with Crippen molar-refractivity contribution >= 4 is 33.7 Å². The van der Waals surface area contributed by atoms with Crippen LogP contribution in [0.1, 0.15) is 181 Å². The first kappa shape index (κ1) is 89.3. The molecule has 0 N–H and O–H groups in total. The van der Waals surface area contributed by atoms with Gasteiger partial charge in [0.05, 0.1) is 44.8 Å². The monoisotopic (exact) mass is 2310 g/mol. The van der Waals surface area contributed by atoms with E-state index in [2.05, 4.69) is 303 Å². The molecule has 0 saturated carbocycles. The van der Waals surface area contributed by atoms with Gasteiger partial charge in [0.15, 0.2) is 11.9 Å². The summed E-state index contributed by atoms with van der Waals surface area (Å²) in [7, 11) is 0. The summed E-state index contributed by atoms with van der Waals surface area (Å²) in [5.74, 6) is 0.887. The van der Waals surface area contributed by atoms with Crippen molar-refractivity contribution in [2.45, 2.75) is 190 Å². The number of benzene rings is 6. The zero-order chi connectivity index (χ0) is 70.5. The summed E-state index contributed by atoms with van der Waals surface area (Å²) in [6, 6.07) is 62.2. The van der Waals surface area contributed by atoms with Crippen LogP contribution in [0.2, 0.25) is 0 Å². The van der Waals surface area contributed by atoms with Crippen LogP contribution in [0.5, 0.6) is 0 Å². The van der Waals surface area contributed by atoms with Gasteiger partial charge in [-0.25, -0.2) is 23.7 Å². The maximum absolute atomic E-state index is 4.75. The normalized spacial score (nSPS) is 11.4. The molecule has 0 aliphatic rings. The minimum atomic E-state index is -0.286. The van der Waals surface area contributed by atoms with Gasteiger partial charge < -0.3 is 22.7 Å². The first-order chi connectivity index (χ1) is 46.7. The molecule has 0 atom stereocenters. The van der Waals surface area contributed by atoms with Crippen molar-refractivity contribution in [2.24, 2.45) is 0 Å². The van der Waals surface area contributed by atoms with E-state index < -0.39 is 0 Å². The standard InChI is InChI=1S/C19H20N3.C17H19N3S.C17H18N3.C17H24N3.C11H14N3S.5Ir/c1-4-15-9-8-12-17(13-15)19(2,3)22-14-18(20-21-22)16-10-6-5-7-11-16;1-4-19-16(14-8-6-5-7-9-14)12-20(18-19)17(2,3)15-10-11-21-13-15;1-4-13-8-7-9-14(12-13)17(2,3)20-16-11-6-5-10-15(16)18-19-20;1-7-13-9-8-10-14(11-13)17(5,6)20-12-15(18-19-20)16(2,3)4;1-4-10-12-8-14(13-10)11(2,3)9-5-6-15-7-9;;;;;/h5-12,14H,4H2,1-3H3;5-12H,4H2,1-3H3;5-11H,4H2,1-3H3;8-10,12H,7H2,1-6H3;5-6,8H,4H2,1-3H3;;;;;/q-1;;3*-1;;;;;. The molecule has 0 fully saturated rings. The Bertz CT molecular complexity index is 4600. The minimum absolute atomic E-state index is 0. The Hall–Kier alpha value is -6.07. The molecule has 555 valence electrons. The Balaban J connectivity index is 0.000000271. The van der Waals surface area contributed by atoms with E-state index >= 15 is 0 Å². The van der Waals surface area contributed by atoms with Crippen molar-refractivity contribution in [3.63, 3.8) is 0 Å². The summed E-state index contributed by atoms with van der Waals surface area (Å²) < 4.78 is 11.8. The number of hydrogen-bond acceptors (Lipinski definition) is 11. The van der Waals surface area contributed by atoms with Gasteiger partial charge >= 0.3 is 0 Å². The van der Waals surface area contributed by atoms with Gasteiger partial charge in [0.2, 0.25) is 0 Å². The summed E-state index contributed by atoms with van der Waals surface area (Å²) in [6.07, 6.45) is 11.8. The van der Waals surface area contributed by atoms with Gasteiger partial charge in [-0.3, -0.25) is 0 Å². The number of nitrogens with zero attached hydrogens (tertiary/aromatic N) is 15. The molecular weight excluding hydrogens is 2210 g/mol. The Kier molecular flexibility index (Phi) is 34.3. The summed E-state index contributed by atoms with van der Waals surface area (Å²) >= 11 is 3.19.